The molecule has 25 heavy (non-hydrogen) atoms. The van der Waals surface area contributed by atoms with Crippen LogP contribution in [0.2, 0.25) is 0 Å². The van der Waals surface area contributed by atoms with Crippen LogP contribution in [0.5, 0.6) is 5.75 Å². The molecule has 0 aromatic heterocycles. The van der Waals surface area contributed by atoms with Crippen molar-refractivity contribution in [2.75, 3.05) is 0 Å². The lowest BCUT2D eigenvalue weighted by Crippen LogP contribution is -2.04. The number of rotatable bonds is 14. The van der Waals surface area contributed by atoms with Gasteiger partial charge in [-0.1, -0.05) is 103 Å². The summed E-state index contributed by atoms with van der Waals surface area (Å²) in [6.07, 6.45) is 17.6. The molecule has 0 heterocycles. The highest BCUT2D eigenvalue weighted by Crippen LogP contribution is 2.29. The molecular weight excluding hydrogens is 304 g/mol. The number of aromatic hydroxyl groups is 1. The second-order valence-electron chi connectivity index (χ2n) is 7.96. The van der Waals surface area contributed by atoms with Crippen molar-refractivity contribution in [1.82, 2.24) is 0 Å². The summed E-state index contributed by atoms with van der Waals surface area (Å²) >= 11 is 0. The summed E-state index contributed by atoms with van der Waals surface area (Å²) in [5, 5.41) is 10.4. The lowest BCUT2D eigenvalue weighted by Gasteiger charge is -2.17. The molecule has 144 valence electrons. The van der Waals surface area contributed by atoms with Crippen molar-refractivity contribution in [3.63, 3.8) is 0 Å². The lowest BCUT2D eigenvalue weighted by atomic mass is 9.89. The minimum absolute atomic E-state index is 0.529. The highest BCUT2D eigenvalue weighted by atomic mass is 16.3. The lowest BCUT2D eigenvalue weighted by molar-refractivity contribution is 0.417. The molecule has 1 aromatic carbocycles. The van der Waals surface area contributed by atoms with E-state index < -0.39 is 0 Å². The van der Waals surface area contributed by atoms with Gasteiger partial charge in [0.1, 0.15) is 5.75 Å². The fourth-order valence-corrected chi connectivity index (χ4v) is 3.70. The first-order valence-corrected chi connectivity index (χ1v) is 10.9. The molecule has 0 radical (unpaired) electrons. The highest BCUT2D eigenvalue weighted by molar-refractivity contribution is 5.44. The maximum absolute atomic E-state index is 10.4. The van der Waals surface area contributed by atoms with Crippen molar-refractivity contribution < 1.29 is 5.11 Å². The molecular formula is C24H42O. The van der Waals surface area contributed by atoms with E-state index in [1.165, 1.54) is 82.6 Å². The summed E-state index contributed by atoms with van der Waals surface area (Å²) in [4.78, 5) is 0. The molecule has 0 saturated heterocycles. The smallest absolute Gasteiger partial charge is 0.121 e. The quantitative estimate of drug-likeness (QED) is 0.339. The number of hydrogen-bond acceptors (Lipinski definition) is 1. The SMILES string of the molecule is CCCCCCCCCCCCC(CC)Cc1ccc(C)c(C)c1O. The van der Waals surface area contributed by atoms with Crippen LogP contribution in [0.25, 0.3) is 0 Å². The zero-order chi connectivity index (χ0) is 18.5. The average molecular weight is 347 g/mol. The van der Waals surface area contributed by atoms with Crippen molar-refractivity contribution in [1.29, 1.82) is 0 Å². The first-order chi connectivity index (χ1) is 12.1. The van der Waals surface area contributed by atoms with Crippen LogP contribution in [-0.2, 0) is 6.42 Å². The van der Waals surface area contributed by atoms with Gasteiger partial charge in [0, 0.05) is 0 Å². The molecule has 0 fully saturated rings. The Balaban J connectivity index is 2.17. The monoisotopic (exact) mass is 346 g/mol. The second-order valence-corrected chi connectivity index (χ2v) is 7.96. The number of phenols is 1. The maximum atomic E-state index is 10.4. The van der Waals surface area contributed by atoms with E-state index in [2.05, 4.69) is 32.9 Å². The topological polar surface area (TPSA) is 20.2 Å². The van der Waals surface area contributed by atoms with E-state index in [-0.39, 0.29) is 0 Å². The molecule has 0 amide bonds. The molecule has 0 aliphatic rings. The van der Waals surface area contributed by atoms with Crippen molar-refractivity contribution >= 4 is 0 Å². The van der Waals surface area contributed by atoms with Crippen molar-refractivity contribution in [2.45, 2.75) is 111 Å². The number of phenolic OH excluding ortho intramolecular Hbond substituents is 1. The van der Waals surface area contributed by atoms with Crippen LogP contribution in [0, 0.1) is 19.8 Å². The predicted octanol–water partition coefficient (Wildman–Crippen LogP) is 7.89. The van der Waals surface area contributed by atoms with E-state index in [4.69, 9.17) is 0 Å². The first-order valence-electron chi connectivity index (χ1n) is 10.9. The van der Waals surface area contributed by atoms with Gasteiger partial charge in [-0.15, -0.1) is 0 Å². The summed E-state index contributed by atoms with van der Waals surface area (Å²) < 4.78 is 0. The Morgan fingerprint density at radius 2 is 1.36 bits per heavy atom. The number of hydrogen-bond donors (Lipinski definition) is 1. The Hall–Kier alpha value is -0.980. The summed E-state index contributed by atoms with van der Waals surface area (Å²) in [6.45, 7) is 8.67. The van der Waals surface area contributed by atoms with Crippen molar-refractivity contribution in [3.05, 3.63) is 28.8 Å². The van der Waals surface area contributed by atoms with Crippen LogP contribution in [0.1, 0.15) is 108 Å². The van der Waals surface area contributed by atoms with E-state index in [9.17, 15) is 5.11 Å². The molecule has 1 unspecified atom stereocenters. The number of aryl methyl sites for hydroxylation is 1. The molecule has 0 bridgehead atoms. The van der Waals surface area contributed by atoms with Gasteiger partial charge in [0.25, 0.3) is 0 Å². The first kappa shape index (κ1) is 22.1. The van der Waals surface area contributed by atoms with E-state index >= 15 is 0 Å². The third-order valence-corrected chi connectivity index (χ3v) is 5.84. The Kier molecular flexibility index (Phi) is 11.7. The normalized spacial score (nSPS) is 12.5. The van der Waals surface area contributed by atoms with E-state index in [1.54, 1.807) is 0 Å². The van der Waals surface area contributed by atoms with Gasteiger partial charge in [0.05, 0.1) is 0 Å². The van der Waals surface area contributed by atoms with Gasteiger partial charge in [-0.2, -0.15) is 0 Å². The van der Waals surface area contributed by atoms with Gasteiger partial charge in [-0.3, -0.25) is 0 Å². The number of benzene rings is 1. The van der Waals surface area contributed by atoms with E-state index in [1.807, 2.05) is 6.92 Å². The third kappa shape index (κ3) is 8.79. The average Bonchev–Trinajstić information content (AvgIpc) is 2.62. The molecule has 1 atom stereocenters. The number of unbranched alkanes of at least 4 members (excludes halogenated alkanes) is 9. The Labute approximate surface area is 157 Å². The van der Waals surface area contributed by atoms with Gasteiger partial charge in [0.2, 0.25) is 0 Å². The molecule has 1 N–H and O–H groups in total. The van der Waals surface area contributed by atoms with Crippen LogP contribution in [0.15, 0.2) is 12.1 Å². The van der Waals surface area contributed by atoms with Crippen LogP contribution in [-0.4, -0.2) is 5.11 Å². The van der Waals surface area contributed by atoms with Gasteiger partial charge < -0.3 is 5.11 Å². The standard InChI is InChI=1S/C24H42O/c1-5-7-8-9-10-11-12-13-14-15-16-22(6-2)19-23-18-17-20(3)21(4)24(23)25/h17-18,22,25H,5-16,19H2,1-4H3. The largest absolute Gasteiger partial charge is 0.507 e. The van der Waals surface area contributed by atoms with Crippen molar-refractivity contribution in [3.8, 4) is 5.75 Å². The fourth-order valence-electron chi connectivity index (χ4n) is 3.70. The molecule has 0 spiro atoms. The Bertz CT molecular complexity index is 463. The molecule has 1 nitrogen and oxygen atoms in total. The van der Waals surface area contributed by atoms with Gasteiger partial charge in [-0.05, 0) is 42.9 Å². The zero-order valence-electron chi connectivity index (χ0n) is 17.4. The summed E-state index contributed by atoms with van der Waals surface area (Å²) in [5.74, 6) is 1.24. The molecule has 1 heteroatoms. The van der Waals surface area contributed by atoms with E-state index in [0.717, 1.165) is 17.5 Å². The van der Waals surface area contributed by atoms with Crippen LogP contribution in [0.4, 0.5) is 0 Å². The fraction of sp³-hybridized carbons (Fsp3) is 0.750. The molecule has 1 rings (SSSR count). The minimum atomic E-state index is 0.529. The van der Waals surface area contributed by atoms with Crippen molar-refractivity contribution in [2.24, 2.45) is 5.92 Å². The molecule has 0 aliphatic carbocycles. The summed E-state index contributed by atoms with van der Waals surface area (Å²) in [7, 11) is 0. The third-order valence-electron chi connectivity index (χ3n) is 5.84. The summed E-state index contributed by atoms with van der Waals surface area (Å²) in [5.41, 5.74) is 3.37. The van der Waals surface area contributed by atoms with Gasteiger partial charge in [0.15, 0.2) is 0 Å². The second kappa shape index (κ2) is 13.3. The molecule has 1 aromatic rings. The van der Waals surface area contributed by atoms with Gasteiger partial charge >= 0.3 is 0 Å². The molecule has 0 aliphatic heterocycles. The van der Waals surface area contributed by atoms with E-state index in [0.29, 0.717) is 11.7 Å². The Morgan fingerprint density at radius 3 is 1.92 bits per heavy atom. The minimum Gasteiger partial charge on any atom is -0.507 e. The van der Waals surface area contributed by atoms with Crippen LogP contribution < -0.4 is 0 Å². The van der Waals surface area contributed by atoms with Gasteiger partial charge in [-0.25, -0.2) is 0 Å². The molecule has 0 saturated carbocycles. The zero-order valence-corrected chi connectivity index (χ0v) is 17.4. The van der Waals surface area contributed by atoms with Crippen LogP contribution >= 0.6 is 0 Å². The Morgan fingerprint density at radius 1 is 0.800 bits per heavy atom. The van der Waals surface area contributed by atoms with Crippen LogP contribution in [0.3, 0.4) is 0 Å². The predicted molar refractivity (Wildman–Crippen MR) is 112 cm³/mol. The highest BCUT2D eigenvalue weighted by Gasteiger charge is 2.12. The summed E-state index contributed by atoms with van der Waals surface area (Å²) in [6, 6.07) is 4.27. The maximum Gasteiger partial charge on any atom is 0.121 e.